The predicted molar refractivity (Wildman–Crippen MR) is 102 cm³/mol. The molecule has 9 heteroatoms. The van der Waals surface area contributed by atoms with Gasteiger partial charge in [-0.3, -0.25) is 9.59 Å². The summed E-state index contributed by atoms with van der Waals surface area (Å²) in [6, 6.07) is -0.00505. The molecule has 2 N–H and O–H groups in total. The SMILES string of the molecule is C=CC(=O)N(C)C1CN(c2cnc3[nH]cc(C(=O)N[C@H](C)COC)c3n2)C1. The van der Waals surface area contributed by atoms with Gasteiger partial charge in [0.05, 0.1) is 24.4 Å². The number of aromatic nitrogens is 3. The van der Waals surface area contributed by atoms with Crippen molar-refractivity contribution in [3.8, 4) is 0 Å². The monoisotopic (exact) mass is 372 g/mol. The van der Waals surface area contributed by atoms with E-state index in [-0.39, 0.29) is 23.9 Å². The van der Waals surface area contributed by atoms with E-state index in [2.05, 4.69) is 26.8 Å². The number of aromatic amines is 1. The van der Waals surface area contributed by atoms with Gasteiger partial charge in [0, 0.05) is 39.5 Å². The van der Waals surface area contributed by atoms with Crippen molar-refractivity contribution in [1.82, 2.24) is 25.2 Å². The standard InChI is InChI=1S/C18H24N6O3/c1-5-15(25)23(3)12-8-24(9-12)14-7-20-17-16(22-14)13(6-19-17)18(26)21-11(2)10-27-4/h5-7,11-12H,1,8-10H2,2-4H3,(H,19,20)(H,21,26)/t11-/m1/s1. The fourth-order valence-corrected chi connectivity index (χ4v) is 3.01. The molecule has 2 amide bonds. The van der Waals surface area contributed by atoms with E-state index in [4.69, 9.17) is 4.74 Å². The quantitative estimate of drug-likeness (QED) is 0.688. The maximum Gasteiger partial charge on any atom is 0.255 e. The fraction of sp³-hybridized carbons (Fsp3) is 0.444. The first-order valence-corrected chi connectivity index (χ1v) is 8.72. The lowest BCUT2D eigenvalue weighted by atomic mass is 10.1. The zero-order chi connectivity index (χ0) is 19.6. The Hall–Kier alpha value is -2.94. The third-order valence-electron chi connectivity index (χ3n) is 4.66. The number of H-pyrrole nitrogens is 1. The van der Waals surface area contributed by atoms with Crippen molar-refractivity contribution in [2.45, 2.75) is 19.0 Å². The Balaban J connectivity index is 1.73. The Labute approximate surface area is 157 Å². The highest BCUT2D eigenvalue weighted by molar-refractivity contribution is 6.04. The molecule has 0 bridgehead atoms. The number of anilines is 1. The van der Waals surface area contributed by atoms with Crippen molar-refractivity contribution < 1.29 is 14.3 Å². The number of carbonyl (C=O) groups excluding carboxylic acids is 2. The van der Waals surface area contributed by atoms with Gasteiger partial charge in [-0.25, -0.2) is 9.97 Å². The summed E-state index contributed by atoms with van der Waals surface area (Å²) in [7, 11) is 3.35. The molecule has 3 rings (SSSR count). The number of methoxy groups -OCH3 is 1. The Kier molecular flexibility index (Phi) is 5.41. The Morgan fingerprint density at radius 3 is 2.96 bits per heavy atom. The van der Waals surface area contributed by atoms with Crippen LogP contribution >= 0.6 is 0 Å². The Bertz CT molecular complexity index is 858. The van der Waals surface area contributed by atoms with Crippen molar-refractivity contribution >= 4 is 28.8 Å². The molecule has 3 heterocycles. The number of rotatable bonds is 7. The van der Waals surface area contributed by atoms with Crippen LogP contribution in [0.15, 0.2) is 25.0 Å². The predicted octanol–water partition coefficient (Wildman–Crippen LogP) is 0.556. The minimum Gasteiger partial charge on any atom is -0.383 e. The molecule has 0 aromatic carbocycles. The first-order chi connectivity index (χ1) is 12.9. The number of likely N-dealkylation sites (N-methyl/N-ethyl adjacent to an activating group) is 1. The van der Waals surface area contributed by atoms with Gasteiger partial charge in [-0.1, -0.05) is 6.58 Å². The molecule has 144 valence electrons. The average molecular weight is 372 g/mol. The molecule has 0 saturated carbocycles. The Morgan fingerprint density at radius 2 is 2.30 bits per heavy atom. The van der Waals surface area contributed by atoms with E-state index in [1.165, 1.54) is 6.08 Å². The molecule has 27 heavy (non-hydrogen) atoms. The average Bonchev–Trinajstić information content (AvgIpc) is 3.03. The van der Waals surface area contributed by atoms with E-state index in [0.29, 0.717) is 42.2 Å². The number of hydrogen-bond donors (Lipinski definition) is 2. The zero-order valence-corrected chi connectivity index (χ0v) is 15.7. The van der Waals surface area contributed by atoms with E-state index in [0.717, 1.165) is 0 Å². The van der Waals surface area contributed by atoms with Crippen LogP contribution in [0.25, 0.3) is 11.2 Å². The molecule has 1 atom stereocenters. The highest BCUT2D eigenvalue weighted by atomic mass is 16.5. The summed E-state index contributed by atoms with van der Waals surface area (Å²) in [5, 5.41) is 2.87. The topological polar surface area (TPSA) is 103 Å². The van der Waals surface area contributed by atoms with Crippen molar-refractivity contribution in [3.63, 3.8) is 0 Å². The van der Waals surface area contributed by atoms with Crippen molar-refractivity contribution in [2.24, 2.45) is 0 Å². The minimum atomic E-state index is -0.227. The number of nitrogens with one attached hydrogen (secondary N) is 2. The molecule has 0 unspecified atom stereocenters. The van der Waals surface area contributed by atoms with Gasteiger partial charge in [-0.2, -0.15) is 0 Å². The van der Waals surface area contributed by atoms with Gasteiger partial charge in [0.2, 0.25) is 5.91 Å². The van der Waals surface area contributed by atoms with Gasteiger partial charge in [0.25, 0.3) is 5.91 Å². The van der Waals surface area contributed by atoms with Crippen LogP contribution < -0.4 is 10.2 Å². The second-order valence-corrected chi connectivity index (χ2v) is 6.67. The summed E-state index contributed by atoms with van der Waals surface area (Å²) in [4.78, 5) is 39.8. The summed E-state index contributed by atoms with van der Waals surface area (Å²) in [5.41, 5.74) is 1.52. The molecule has 2 aromatic rings. The van der Waals surface area contributed by atoms with E-state index in [1.807, 2.05) is 11.8 Å². The van der Waals surface area contributed by atoms with Gasteiger partial charge in [-0.05, 0) is 13.0 Å². The smallest absolute Gasteiger partial charge is 0.255 e. The molecule has 1 saturated heterocycles. The lowest BCUT2D eigenvalue weighted by Gasteiger charge is -2.44. The first-order valence-electron chi connectivity index (χ1n) is 8.72. The summed E-state index contributed by atoms with van der Waals surface area (Å²) in [5.74, 6) is 0.350. The first kappa shape index (κ1) is 18.8. The van der Waals surface area contributed by atoms with E-state index >= 15 is 0 Å². The highest BCUT2D eigenvalue weighted by Gasteiger charge is 2.33. The van der Waals surface area contributed by atoms with Crippen LogP contribution in [0.4, 0.5) is 5.82 Å². The van der Waals surface area contributed by atoms with Gasteiger partial charge in [-0.15, -0.1) is 0 Å². The molecule has 0 aliphatic carbocycles. The highest BCUT2D eigenvalue weighted by Crippen LogP contribution is 2.24. The lowest BCUT2D eigenvalue weighted by molar-refractivity contribution is -0.127. The van der Waals surface area contributed by atoms with Crippen LogP contribution in [0.5, 0.6) is 0 Å². The summed E-state index contributed by atoms with van der Waals surface area (Å²) in [6.45, 7) is 7.13. The van der Waals surface area contributed by atoms with E-state index in [1.54, 1.807) is 31.5 Å². The van der Waals surface area contributed by atoms with Crippen LogP contribution in [0.1, 0.15) is 17.3 Å². The largest absolute Gasteiger partial charge is 0.383 e. The normalized spacial score (nSPS) is 15.3. The third kappa shape index (κ3) is 3.77. The molecule has 0 spiro atoms. The van der Waals surface area contributed by atoms with Crippen LogP contribution in [0.2, 0.25) is 0 Å². The second-order valence-electron chi connectivity index (χ2n) is 6.67. The number of hydrogen-bond acceptors (Lipinski definition) is 6. The molecule has 2 aromatic heterocycles. The zero-order valence-electron chi connectivity index (χ0n) is 15.7. The molecular formula is C18H24N6O3. The molecular weight excluding hydrogens is 348 g/mol. The van der Waals surface area contributed by atoms with Crippen molar-refractivity contribution in [2.75, 3.05) is 38.8 Å². The van der Waals surface area contributed by atoms with Gasteiger partial charge in [0.15, 0.2) is 5.65 Å². The van der Waals surface area contributed by atoms with Crippen LogP contribution in [0, 0.1) is 0 Å². The fourth-order valence-electron chi connectivity index (χ4n) is 3.01. The Morgan fingerprint density at radius 1 is 1.56 bits per heavy atom. The van der Waals surface area contributed by atoms with E-state index < -0.39 is 0 Å². The molecule has 9 nitrogen and oxygen atoms in total. The maximum absolute atomic E-state index is 12.5. The van der Waals surface area contributed by atoms with Crippen molar-refractivity contribution in [1.29, 1.82) is 0 Å². The molecule has 1 aliphatic heterocycles. The second kappa shape index (κ2) is 7.75. The number of fused-ring (bicyclic) bond motifs is 1. The molecule has 1 aliphatic rings. The number of carbonyl (C=O) groups is 2. The van der Waals surface area contributed by atoms with Crippen LogP contribution in [-0.2, 0) is 9.53 Å². The van der Waals surface area contributed by atoms with Crippen molar-refractivity contribution in [3.05, 3.63) is 30.6 Å². The maximum atomic E-state index is 12.5. The van der Waals surface area contributed by atoms with Crippen LogP contribution in [0.3, 0.4) is 0 Å². The van der Waals surface area contributed by atoms with Gasteiger partial charge >= 0.3 is 0 Å². The molecule has 0 radical (unpaired) electrons. The van der Waals surface area contributed by atoms with Crippen LogP contribution in [-0.4, -0.2) is 77.6 Å². The van der Waals surface area contributed by atoms with Gasteiger partial charge < -0.3 is 24.8 Å². The third-order valence-corrected chi connectivity index (χ3v) is 4.66. The minimum absolute atomic E-state index is 0.101. The van der Waals surface area contributed by atoms with E-state index in [9.17, 15) is 9.59 Å². The number of nitrogens with zero attached hydrogens (tertiary/aromatic N) is 4. The van der Waals surface area contributed by atoms with Gasteiger partial charge in [0.1, 0.15) is 11.3 Å². The number of amides is 2. The summed E-state index contributed by atoms with van der Waals surface area (Å²) < 4.78 is 5.04. The number of ether oxygens (including phenoxy) is 1. The lowest BCUT2D eigenvalue weighted by Crippen LogP contribution is -2.59. The summed E-state index contributed by atoms with van der Waals surface area (Å²) in [6.07, 6.45) is 4.59. The summed E-state index contributed by atoms with van der Waals surface area (Å²) >= 11 is 0. The molecule has 1 fully saturated rings.